The number of hydrogen-bond acceptors (Lipinski definition) is 4. The van der Waals surface area contributed by atoms with Gasteiger partial charge in [0.15, 0.2) is 11.5 Å². The Labute approximate surface area is 165 Å². The summed E-state index contributed by atoms with van der Waals surface area (Å²) in [5.41, 5.74) is 1.46. The molecular formula is C21H26ClNO4. The lowest BCUT2D eigenvalue weighted by Gasteiger charge is -2.15. The molecule has 0 saturated heterocycles. The molecule has 0 atom stereocenters. The fourth-order valence-corrected chi connectivity index (χ4v) is 2.83. The van der Waals surface area contributed by atoms with Crippen LogP contribution in [0.1, 0.15) is 29.8 Å². The minimum atomic E-state index is -0.222. The van der Waals surface area contributed by atoms with Crippen molar-refractivity contribution in [2.24, 2.45) is 5.92 Å². The summed E-state index contributed by atoms with van der Waals surface area (Å²) in [4.78, 5) is 12.5. The van der Waals surface area contributed by atoms with Crippen LogP contribution in [-0.2, 0) is 6.42 Å². The number of halogens is 1. The number of methoxy groups -OCH3 is 2. The number of hydrogen-bond donors (Lipinski definition) is 1. The van der Waals surface area contributed by atoms with Crippen LogP contribution in [0.3, 0.4) is 0 Å². The maximum Gasteiger partial charge on any atom is 0.251 e. The van der Waals surface area contributed by atoms with E-state index >= 15 is 0 Å². The third-order valence-corrected chi connectivity index (χ3v) is 4.21. The molecule has 2 aromatic carbocycles. The molecule has 0 heterocycles. The summed E-state index contributed by atoms with van der Waals surface area (Å²) in [6.45, 7) is 5.08. The van der Waals surface area contributed by atoms with Crippen molar-refractivity contribution in [2.75, 3.05) is 27.4 Å². The number of carbonyl (C=O) groups excluding carboxylic acids is 1. The van der Waals surface area contributed by atoms with E-state index in [1.165, 1.54) is 7.11 Å². The van der Waals surface area contributed by atoms with Crippen LogP contribution in [0, 0.1) is 5.92 Å². The molecule has 0 bridgehead atoms. The topological polar surface area (TPSA) is 56.8 Å². The van der Waals surface area contributed by atoms with Gasteiger partial charge >= 0.3 is 0 Å². The fraction of sp³-hybridized carbons (Fsp3) is 0.381. The van der Waals surface area contributed by atoms with E-state index in [0.717, 1.165) is 11.3 Å². The minimum Gasteiger partial charge on any atom is -0.496 e. The van der Waals surface area contributed by atoms with Gasteiger partial charge in [0.2, 0.25) is 0 Å². The first-order chi connectivity index (χ1) is 13.0. The second-order valence-electron chi connectivity index (χ2n) is 6.51. The zero-order valence-electron chi connectivity index (χ0n) is 16.2. The Bertz CT molecular complexity index is 777. The highest BCUT2D eigenvalue weighted by Gasteiger charge is 2.16. The largest absolute Gasteiger partial charge is 0.496 e. The number of rotatable bonds is 9. The van der Waals surface area contributed by atoms with Crippen LogP contribution in [-0.4, -0.2) is 33.3 Å². The van der Waals surface area contributed by atoms with Crippen molar-refractivity contribution in [1.29, 1.82) is 0 Å². The summed E-state index contributed by atoms with van der Waals surface area (Å²) in [5.74, 6) is 1.84. The van der Waals surface area contributed by atoms with Crippen LogP contribution in [0.5, 0.6) is 17.2 Å². The number of amides is 1. The van der Waals surface area contributed by atoms with E-state index < -0.39 is 0 Å². The number of ether oxygens (including phenoxy) is 3. The molecule has 0 radical (unpaired) electrons. The van der Waals surface area contributed by atoms with Gasteiger partial charge in [-0.2, -0.15) is 0 Å². The first kappa shape index (κ1) is 20.9. The van der Waals surface area contributed by atoms with Crippen LogP contribution in [0.2, 0.25) is 5.02 Å². The van der Waals surface area contributed by atoms with E-state index in [0.29, 0.717) is 47.6 Å². The van der Waals surface area contributed by atoms with Gasteiger partial charge in [0, 0.05) is 12.1 Å². The Hall–Kier alpha value is -2.40. The van der Waals surface area contributed by atoms with Gasteiger partial charge in [-0.15, -0.1) is 0 Å². The Kier molecular flexibility index (Phi) is 7.80. The smallest absolute Gasteiger partial charge is 0.251 e. The van der Waals surface area contributed by atoms with Crippen LogP contribution >= 0.6 is 11.6 Å². The van der Waals surface area contributed by atoms with Crippen molar-refractivity contribution in [3.63, 3.8) is 0 Å². The number of benzene rings is 2. The number of para-hydroxylation sites is 1. The Morgan fingerprint density at radius 2 is 1.81 bits per heavy atom. The van der Waals surface area contributed by atoms with Gasteiger partial charge in [0.1, 0.15) is 5.75 Å². The minimum absolute atomic E-state index is 0.222. The molecule has 0 saturated carbocycles. The van der Waals surface area contributed by atoms with Crippen LogP contribution in [0.15, 0.2) is 36.4 Å². The summed E-state index contributed by atoms with van der Waals surface area (Å²) >= 11 is 6.31. The second kappa shape index (κ2) is 10.1. The van der Waals surface area contributed by atoms with Gasteiger partial charge in [0.25, 0.3) is 5.91 Å². The maximum absolute atomic E-state index is 12.5. The summed E-state index contributed by atoms with van der Waals surface area (Å²) in [6.07, 6.45) is 0.663. The molecular weight excluding hydrogens is 366 g/mol. The lowest BCUT2D eigenvalue weighted by atomic mass is 10.1. The highest BCUT2D eigenvalue weighted by atomic mass is 35.5. The van der Waals surface area contributed by atoms with Gasteiger partial charge in [0.05, 0.1) is 25.8 Å². The number of nitrogens with one attached hydrogen (secondary N) is 1. The molecule has 1 N–H and O–H groups in total. The van der Waals surface area contributed by atoms with Gasteiger partial charge in [-0.25, -0.2) is 0 Å². The molecule has 146 valence electrons. The second-order valence-corrected chi connectivity index (χ2v) is 6.92. The van der Waals surface area contributed by atoms with Gasteiger partial charge in [-0.1, -0.05) is 43.6 Å². The maximum atomic E-state index is 12.5. The summed E-state index contributed by atoms with van der Waals surface area (Å²) in [6, 6.07) is 11.0. The molecule has 5 nitrogen and oxygen atoms in total. The zero-order chi connectivity index (χ0) is 19.8. The first-order valence-electron chi connectivity index (χ1n) is 8.86. The van der Waals surface area contributed by atoms with Crippen LogP contribution in [0.4, 0.5) is 0 Å². The van der Waals surface area contributed by atoms with Crippen molar-refractivity contribution in [3.8, 4) is 17.2 Å². The summed E-state index contributed by atoms with van der Waals surface area (Å²) in [7, 11) is 3.16. The third kappa shape index (κ3) is 5.79. The molecule has 27 heavy (non-hydrogen) atoms. The fourth-order valence-electron chi connectivity index (χ4n) is 2.56. The van der Waals surface area contributed by atoms with Crippen LogP contribution < -0.4 is 19.5 Å². The molecule has 2 rings (SSSR count). The molecule has 2 aromatic rings. The molecule has 0 fully saturated rings. The molecule has 0 aliphatic carbocycles. The lowest BCUT2D eigenvalue weighted by Crippen LogP contribution is -2.26. The Morgan fingerprint density at radius 3 is 2.48 bits per heavy atom. The van der Waals surface area contributed by atoms with Crippen LogP contribution in [0.25, 0.3) is 0 Å². The summed E-state index contributed by atoms with van der Waals surface area (Å²) < 4.78 is 16.4. The summed E-state index contributed by atoms with van der Waals surface area (Å²) in [5, 5.41) is 3.25. The van der Waals surface area contributed by atoms with E-state index in [2.05, 4.69) is 5.32 Å². The first-order valence-corrected chi connectivity index (χ1v) is 9.24. The van der Waals surface area contributed by atoms with E-state index in [1.54, 1.807) is 19.2 Å². The quantitative estimate of drug-likeness (QED) is 0.689. The number of carbonyl (C=O) groups is 1. The van der Waals surface area contributed by atoms with Crippen molar-refractivity contribution in [3.05, 3.63) is 52.5 Å². The van der Waals surface area contributed by atoms with Crippen molar-refractivity contribution < 1.29 is 19.0 Å². The SMILES string of the molecule is COc1ccccc1CCNC(=O)c1cc(Cl)c(OCC(C)C)c(OC)c1. The average Bonchev–Trinajstić information content (AvgIpc) is 2.66. The molecule has 1 amide bonds. The lowest BCUT2D eigenvalue weighted by molar-refractivity contribution is 0.0953. The predicted molar refractivity (Wildman–Crippen MR) is 107 cm³/mol. The highest BCUT2D eigenvalue weighted by molar-refractivity contribution is 6.32. The standard InChI is InChI=1S/C21H26ClNO4/c1-14(2)13-27-20-17(22)11-16(12-19(20)26-4)21(24)23-10-9-15-7-5-6-8-18(15)25-3/h5-8,11-12,14H,9-10,13H2,1-4H3,(H,23,24). The molecule has 0 aromatic heterocycles. The molecule has 0 spiro atoms. The van der Waals surface area contributed by atoms with E-state index in [-0.39, 0.29) is 5.91 Å². The van der Waals surface area contributed by atoms with E-state index in [1.807, 2.05) is 38.1 Å². The van der Waals surface area contributed by atoms with Gasteiger partial charge in [-0.05, 0) is 36.1 Å². The molecule has 0 unspecified atom stereocenters. The van der Waals surface area contributed by atoms with E-state index in [9.17, 15) is 4.79 Å². The van der Waals surface area contributed by atoms with E-state index in [4.69, 9.17) is 25.8 Å². The van der Waals surface area contributed by atoms with Gasteiger partial charge in [-0.3, -0.25) is 4.79 Å². The van der Waals surface area contributed by atoms with Crippen molar-refractivity contribution in [1.82, 2.24) is 5.32 Å². The van der Waals surface area contributed by atoms with Gasteiger partial charge < -0.3 is 19.5 Å². The predicted octanol–water partition coefficient (Wildman–Crippen LogP) is 4.36. The third-order valence-electron chi connectivity index (χ3n) is 3.93. The Balaban J connectivity index is 2.04. The average molecular weight is 392 g/mol. The molecule has 6 heteroatoms. The normalized spacial score (nSPS) is 10.6. The highest BCUT2D eigenvalue weighted by Crippen LogP contribution is 2.36. The van der Waals surface area contributed by atoms with Crippen molar-refractivity contribution in [2.45, 2.75) is 20.3 Å². The zero-order valence-corrected chi connectivity index (χ0v) is 16.9. The Morgan fingerprint density at radius 1 is 1.11 bits per heavy atom. The molecule has 0 aliphatic rings. The molecule has 0 aliphatic heterocycles. The monoisotopic (exact) mass is 391 g/mol. The van der Waals surface area contributed by atoms with Crippen molar-refractivity contribution >= 4 is 17.5 Å².